The Labute approximate surface area is 121 Å². The number of rotatable bonds is 13. The Kier molecular flexibility index (Phi) is 11.1. The molecule has 0 fully saturated rings. The number of carboxylic acids is 2. The van der Waals surface area contributed by atoms with Crippen LogP contribution in [0.25, 0.3) is 0 Å². The lowest BCUT2D eigenvalue weighted by atomic mass is 9.93. The van der Waals surface area contributed by atoms with E-state index in [-0.39, 0.29) is 0 Å². The second kappa shape index (κ2) is 11.7. The van der Waals surface area contributed by atoms with Crippen LogP contribution in [0.3, 0.4) is 0 Å². The Balaban J connectivity index is 3.76. The maximum Gasteiger partial charge on any atom is 0.309 e. The number of carboxylic acid groups (broad SMARTS) is 2. The van der Waals surface area contributed by atoms with Crippen LogP contribution in [0.15, 0.2) is 0 Å². The first-order valence-electron chi connectivity index (χ1n) is 7.61. The van der Waals surface area contributed by atoms with E-state index in [1.54, 1.807) is 0 Å². The Hall–Kier alpha value is -1.10. The van der Waals surface area contributed by atoms with E-state index in [0.717, 1.165) is 25.7 Å². The molecule has 0 saturated carbocycles. The molecule has 0 rings (SSSR count). The fraction of sp³-hybridized carbons (Fsp3) is 0.867. The van der Waals surface area contributed by atoms with Crippen LogP contribution in [0, 0.1) is 5.92 Å². The fourth-order valence-electron chi connectivity index (χ4n) is 2.30. The van der Waals surface area contributed by atoms with Crippen LogP contribution in [0.5, 0.6) is 0 Å². The van der Waals surface area contributed by atoms with Crippen molar-refractivity contribution in [3.05, 3.63) is 0 Å². The first-order chi connectivity index (χ1) is 9.49. The van der Waals surface area contributed by atoms with Crippen LogP contribution in [0.4, 0.5) is 0 Å². The van der Waals surface area contributed by atoms with E-state index in [9.17, 15) is 14.7 Å². The minimum atomic E-state index is -1.30. The molecule has 20 heavy (non-hydrogen) atoms. The van der Waals surface area contributed by atoms with Gasteiger partial charge in [-0.15, -0.1) is 0 Å². The summed E-state index contributed by atoms with van der Waals surface area (Å²) in [6.07, 6.45) is 7.41. The van der Waals surface area contributed by atoms with Gasteiger partial charge in [-0.25, -0.2) is 0 Å². The molecule has 0 aromatic rings. The summed E-state index contributed by atoms with van der Waals surface area (Å²) in [5.41, 5.74) is 0. The Bertz CT molecular complexity index is 277. The fourth-order valence-corrected chi connectivity index (χ4v) is 2.30. The molecule has 0 spiro atoms. The van der Waals surface area contributed by atoms with Gasteiger partial charge in [0, 0.05) is 0 Å². The van der Waals surface area contributed by atoms with Crippen molar-refractivity contribution in [2.45, 2.75) is 77.2 Å². The maximum atomic E-state index is 11.0. The second-order valence-electron chi connectivity index (χ2n) is 5.37. The van der Waals surface area contributed by atoms with Crippen molar-refractivity contribution in [3.8, 4) is 0 Å². The highest BCUT2D eigenvalue weighted by molar-refractivity contribution is 5.73. The molecule has 3 N–H and O–H groups in total. The van der Waals surface area contributed by atoms with Crippen molar-refractivity contribution in [2.24, 2.45) is 5.92 Å². The molecule has 0 radical (unpaired) electrons. The van der Waals surface area contributed by atoms with Gasteiger partial charge in [0.1, 0.15) is 0 Å². The normalized spacial score (nSPS) is 13.9. The molecule has 0 amide bonds. The number of aliphatic carboxylic acids is 2. The summed E-state index contributed by atoms with van der Waals surface area (Å²) < 4.78 is 0. The molecule has 2 atom stereocenters. The zero-order valence-corrected chi connectivity index (χ0v) is 12.4. The number of hydrogen-bond acceptors (Lipinski definition) is 3. The molecule has 5 heteroatoms. The number of aliphatic hydroxyl groups excluding tert-OH is 1. The van der Waals surface area contributed by atoms with Gasteiger partial charge in [0.05, 0.1) is 18.4 Å². The third kappa shape index (κ3) is 9.78. The minimum Gasteiger partial charge on any atom is -0.481 e. The predicted octanol–water partition coefficient (Wildman–Crippen LogP) is 3.05. The van der Waals surface area contributed by atoms with Gasteiger partial charge in [0.15, 0.2) is 0 Å². The van der Waals surface area contributed by atoms with Crippen LogP contribution < -0.4 is 0 Å². The quantitative estimate of drug-likeness (QED) is 0.453. The number of carbonyl (C=O) groups is 2. The van der Waals surface area contributed by atoms with Crippen molar-refractivity contribution in [2.75, 3.05) is 0 Å². The summed E-state index contributed by atoms with van der Waals surface area (Å²) in [5, 5.41) is 27.2. The van der Waals surface area contributed by atoms with Gasteiger partial charge in [-0.2, -0.15) is 0 Å². The summed E-state index contributed by atoms with van der Waals surface area (Å²) in [6, 6.07) is 0. The summed E-state index contributed by atoms with van der Waals surface area (Å²) in [4.78, 5) is 21.5. The Morgan fingerprint density at radius 2 is 1.40 bits per heavy atom. The molecule has 0 heterocycles. The van der Waals surface area contributed by atoms with Crippen molar-refractivity contribution in [1.82, 2.24) is 0 Å². The third-order valence-corrected chi connectivity index (χ3v) is 3.53. The standard InChI is InChI=1S/C15H28O5/c1-2-3-4-5-6-7-8-9-10-12(15(19)20)13(16)11-14(17)18/h12-13,16H,2-11H2,1H3,(H,17,18)(H,19,20)/t12-,13-/m1/s1. The summed E-state index contributed by atoms with van der Waals surface area (Å²) >= 11 is 0. The van der Waals surface area contributed by atoms with Crippen molar-refractivity contribution in [3.63, 3.8) is 0 Å². The summed E-state index contributed by atoms with van der Waals surface area (Å²) in [7, 11) is 0. The van der Waals surface area contributed by atoms with Gasteiger partial charge in [-0.1, -0.05) is 58.3 Å². The lowest BCUT2D eigenvalue weighted by Crippen LogP contribution is -2.30. The number of unbranched alkanes of at least 4 members (excludes halogenated alkanes) is 7. The highest BCUT2D eigenvalue weighted by Gasteiger charge is 2.27. The molecule has 0 aliphatic carbocycles. The molecule has 118 valence electrons. The van der Waals surface area contributed by atoms with Crippen LogP contribution in [0.1, 0.15) is 71.1 Å². The first kappa shape index (κ1) is 18.9. The zero-order chi connectivity index (χ0) is 15.4. The van der Waals surface area contributed by atoms with Gasteiger partial charge < -0.3 is 15.3 Å². The lowest BCUT2D eigenvalue weighted by Gasteiger charge is -2.17. The van der Waals surface area contributed by atoms with E-state index in [1.807, 2.05) is 0 Å². The van der Waals surface area contributed by atoms with Gasteiger partial charge in [0.2, 0.25) is 0 Å². The molecule has 0 unspecified atom stereocenters. The van der Waals surface area contributed by atoms with Gasteiger partial charge in [-0.05, 0) is 6.42 Å². The largest absolute Gasteiger partial charge is 0.481 e. The van der Waals surface area contributed by atoms with Crippen LogP contribution in [0.2, 0.25) is 0 Å². The molecular formula is C15H28O5. The second-order valence-corrected chi connectivity index (χ2v) is 5.37. The van der Waals surface area contributed by atoms with Gasteiger partial charge >= 0.3 is 11.9 Å². The number of aliphatic hydroxyl groups is 1. The molecule has 0 aromatic heterocycles. The van der Waals surface area contributed by atoms with Crippen LogP contribution in [-0.2, 0) is 9.59 Å². The highest BCUT2D eigenvalue weighted by Crippen LogP contribution is 2.18. The van der Waals surface area contributed by atoms with E-state index in [4.69, 9.17) is 10.2 Å². The van der Waals surface area contributed by atoms with Crippen molar-refractivity contribution in [1.29, 1.82) is 0 Å². The molecular weight excluding hydrogens is 260 g/mol. The molecule has 0 bridgehead atoms. The molecule has 0 saturated heterocycles. The monoisotopic (exact) mass is 288 g/mol. The van der Waals surface area contributed by atoms with E-state index < -0.39 is 30.4 Å². The van der Waals surface area contributed by atoms with E-state index >= 15 is 0 Å². The van der Waals surface area contributed by atoms with E-state index in [1.165, 1.54) is 25.7 Å². The Morgan fingerprint density at radius 1 is 0.900 bits per heavy atom. The van der Waals surface area contributed by atoms with E-state index in [0.29, 0.717) is 6.42 Å². The van der Waals surface area contributed by atoms with Crippen molar-refractivity contribution < 1.29 is 24.9 Å². The summed E-state index contributed by atoms with van der Waals surface area (Å²) in [6.45, 7) is 2.18. The topological polar surface area (TPSA) is 94.8 Å². The average Bonchev–Trinajstić information content (AvgIpc) is 2.35. The maximum absolute atomic E-state index is 11.0. The smallest absolute Gasteiger partial charge is 0.309 e. The molecule has 5 nitrogen and oxygen atoms in total. The van der Waals surface area contributed by atoms with Crippen LogP contribution in [-0.4, -0.2) is 33.4 Å². The lowest BCUT2D eigenvalue weighted by molar-refractivity contribution is -0.148. The van der Waals surface area contributed by atoms with Gasteiger partial charge in [-0.3, -0.25) is 9.59 Å². The third-order valence-electron chi connectivity index (χ3n) is 3.53. The van der Waals surface area contributed by atoms with E-state index in [2.05, 4.69) is 6.92 Å². The first-order valence-corrected chi connectivity index (χ1v) is 7.61. The van der Waals surface area contributed by atoms with Gasteiger partial charge in [0.25, 0.3) is 0 Å². The zero-order valence-electron chi connectivity index (χ0n) is 12.4. The summed E-state index contributed by atoms with van der Waals surface area (Å²) in [5.74, 6) is -3.24. The molecule has 0 aliphatic rings. The molecule has 0 aliphatic heterocycles. The average molecular weight is 288 g/mol. The SMILES string of the molecule is CCCCCCCCCC[C@@H](C(=O)O)[C@H](O)CC(=O)O. The molecule has 0 aromatic carbocycles. The number of hydrogen-bond donors (Lipinski definition) is 3. The van der Waals surface area contributed by atoms with Crippen molar-refractivity contribution >= 4 is 11.9 Å². The Morgan fingerprint density at radius 3 is 1.85 bits per heavy atom. The highest BCUT2D eigenvalue weighted by atomic mass is 16.4. The minimum absolute atomic E-state index is 0.346. The van der Waals surface area contributed by atoms with Crippen LogP contribution >= 0.6 is 0 Å². The predicted molar refractivity (Wildman–Crippen MR) is 76.6 cm³/mol.